The molecule has 2 rings (SSSR count). The predicted molar refractivity (Wildman–Crippen MR) is 85.8 cm³/mol. The number of rotatable bonds is 5. The maximum absolute atomic E-state index is 11.0. The highest BCUT2D eigenvalue weighted by molar-refractivity contribution is 14.1. The van der Waals surface area contributed by atoms with E-state index in [9.17, 15) is 14.9 Å². The zero-order valence-electron chi connectivity index (χ0n) is 11.6. The molecule has 1 aliphatic rings. The van der Waals surface area contributed by atoms with Crippen LogP contribution in [0.3, 0.4) is 0 Å². The van der Waals surface area contributed by atoms with Crippen LogP contribution in [0.1, 0.15) is 24.8 Å². The van der Waals surface area contributed by atoms with E-state index in [2.05, 4.69) is 0 Å². The Morgan fingerprint density at radius 3 is 2.91 bits per heavy atom. The van der Waals surface area contributed by atoms with E-state index in [1.54, 1.807) is 0 Å². The molecular weight excluding hydrogens is 407 g/mol. The minimum absolute atomic E-state index is 0.0684. The van der Waals surface area contributed by atoms with Gasteiger partial charge in [0.15, 0.2) is 6.29 Å². The summed E-state index contributed by atoms with van der Waals surface area (Å²) in [5.74, 6) is 0. The van der Waals surface area contributed by atoms with Crippen molar-refractivity contribution in [3.63, 3.8) is 0 Å². The summed E-state index contributed by atoms with van der Waals surface area (Å²) in [5, 5.41) is 21.8. The van der Waals surface area contributed by atoms with Crippen LogP contribution in [0.25, 0.3) is 0 Å². The number of ether oxygens (including phenoxy) is 2. The third kappa shape index (κ3) is 4.52. The maximum Gasteiger partial charge on any atom is 0.409 e. The molecule has 9 heteroatoms. The first-order valence-electron chi connectivity index (χ1n) is 6.67. The third-order valence-corrected chi connectivity index (χ3v) is 4.17. The summed E-state index contributed by atoms with van der Waals surface area (Å²) in [6, 6.07) is 2.75. The van der Waals surface area contributed by atoms with Gasteiger partial charge < -0.3 is 14.6 Å². The summed E-state index contributed by atoms with van der Waals surface area (Å²) in [6.45, 7) is 0.864. The fourth-order valence-corrected chi connectivity index (χ4v) is 2.72. The van der Waals surface area contributed by atoms with Crippen LogP contribution in [-0.4, -0.2) is 29.0 Å². The van der Waals surface area contributed by atoms with Crippen LogP contribution in [0.5, 0.6) is 0 Å². The van der Waals surface area contributed by atoms with Gasteiger partial charge in [-0.3, -0.25) is 15.4 Å². The summed E-state index contributed by atoms with van der Waals surface area (Å²) in [6.07, 6.45) is 1.22. The van der Waals surface area contributed by atoms with Gasteiger partial charge in [0.25, 0.3) is 5.69 Å². The lowest BCUT2D eigenvalue weighted by Crippen LogP contribution is -2.22. The van der Waals surface area contributed by atoms with Crippen LogP contribution < -0.4 is 5.32 Å². The van der Waals surface area contributed by atoms with Gasteiger partial charge >= 0.3 is 6.09 Å². The second-order valence-corrected chi connectivity index (χ2v) is 5.92. The molecule has 1 atom stereocenters. The third-order valence-electron chi connectivity index (χ3n) is 3.17. The Labute approximate surface area is 140 Å². The molecule has 0 aliphatic carbocycles. The first kappa shape index (κ1) is 16.9. The number of anilines is 1. The fourth-order valence-electron chi connectivity index (χ4n) is 2.11. The average Bonchev–Trinajstić information content (AvgIpc) is 2.47. The largest absolute Gasteiger partial charge is 0.465 e. The molecule has 1 saturated heterocycles. The number of hydrogen-bond donors (Lipinski definition) is 2. The summed E-state index contributed by atoms with van der Waals surface area (Å²) in [4.78, 5) is 21.1. The van der Waals surface area contributed by atoms with E-state index < -0.39 is 11.0 Å². The molecule has 0 radical (unpaired) electrons. The van der Waals surface area contributed by atoms with E-state index in [1.165, 1.54) is 12.1 Å². The van der Waals surface area contributed by atoms with Crippen molar-refractivity contribution in [2.75, 3.05) is 11.9 Å². The molecular formula is C13H15IN2O6. The standard InChI is InChI=1S/C13H15IN2O6/c14-9-6-11(16(19)20)10(15-13(17)18)5-8(9)7-22-12-3-1-2-4-21-12/h5-6,12,15H,1-4,7H2,(H,17,18). The topological polar surface area (TPSA) is 111 Å². The molecule has 1 aromatic rings. The number of hydrogen-bond acceptors (Lipinski definition) is 5. The van der Waals surface area contributed by atoms with E-state index >= 15 is 0 Å². The van der Waals surface area contributed by atoms with Crippen LogP contribution in [-0.2, 0) is 16.1 Å². The molecule has 120 valence electrons. The highest BCUT2D eigenvalue weighted by atomic mass is 127. The molecule has 8 nitrogen and oxygen atoms in total. The lowest BCUT2D eigenvalue weighted by atomic mass is 10.1. The summed E-state index contributed by atoms with van der Waals surface area (Å²) in [5.41, 5.74) is 0.315. The Morgan fingerprint density at radius 1 is 1.55 bits per heavy atom. The number of nitrogens with zero attached hydrogens (tertiary/aromatic N) is 1. The molecule has 0 saturated carbocycles. The molecule has 0 aromatic heterocycles. The number of carbonyl (C=O) groups is 1. The lowest BCUT2D eigenvalue weighted by molar-refractivity contribution is -0.384. The first-order chi connectivity index (χ1) is 10.5. The van der Waals surface area contributed by atoms with Gasteiger partial charge in [0.05, 0.1) is 11.5 Å². The summed E-state index contributed by atoms with van der Waals surface area (Å²) >= 11 is 1.96. The molecule has 1 aromatic carbocycles. The zero-order chi connectivity index (χ0) is 16.1. The van der Waals surface area contributed by atoms with Crippen LogP contribution in [0.15, 0.2) is 12.1 Å². The molecule has 1 heterocycles. The van der Waals surface area contributed by atoms with Crippen LogP contribution in [0, 0.1) is 13.7 Å². The van der Waals surface area contributed by atoms with Crippen molar-refractivity contribution in [1.29, 1.82) is 0 Å². The smallest absolute Gasteiger partial charge is 0.409 e. The van der Waals surface area contributed by atoms with E-state index in [0.29, 0.717) is 15.7 Å². The number of benzene rings is 1. The Balaban J connectivity index is 2.15. The predicted octanol–water partition coefficient (Wildman–Crippen LogP) is 3.33. The number of nitro benzene ring substituents is 1. The molecule has 1 fully saturated rings. The van der Waals surface area contributed by atoms with Crippen LogP contribution in [0.2, 0.25) is 0 Å². The van der Waals surface area contributed by atoms with E-state index in [-0.39, 0.29) is 24.3 Å². The Hall–Kier alpha value is -1.46. The number of halogens is 1. The van der Waals surface area contributed by atoms with Crippen molar-refractivity contribution < 1.29 is 24.3 Å². The van der Waals surface area contributed by atoms with E-state index in [4.69, 9.17) is 14.6 Å². The highest BCUT2D eigenvalue weighted by Crippen LogP contribution is 2.30. The monoisotopic (exact) mass is 422 g/mol. The maximum atomic E-state index is 11.0. The minimum Gasteiger partial charge on any atom is -0.465 e. The van der Waals surface area contributed by atoms with Gasteiger partial charge in [-0.25, -0.2) is 4.79 Å². The van der Waals surface area contributed by atoms with Crippen molar-refractivity contribution in [3.05, 3.63) is 31.4 Å². The molecule has 1 aliphatic heterocycles. The number of nitro groups is 1. The first-order valence-corrected chi connectivity index (χ1v) is 7.75. The second kappa shape index (κ2) is 7.70. The second-order valence-electron chi connectivity index (χ2n) is 4.76. The van der Waals surface area contributed by atoms with Gasteiger partial charge in [-0.2, -0.15) is 0 Å². The van der Waals surface area contributed by atoms with Gasteiger partial charge in [-0.05, 0) is 53.5 Å². The minimum atomic E-state index is -1.35. The average molecular weight is 422 g/mol. The van der Waals surface area contributed by atoms with E-state index in [0.717, 1.165) is 19.3 Å². The Morgan fingerprint density at radius 2 is 2.32 bits per heavy atom. The Bertz CT molecular complexity index is 574. The zero-order valence-corrected chi connectivity index (χ0v) is 13.7. The van der Waals surface area contributed by atoms with Crippen LogP contribution >= 0.6 is 22.6 Å². The van der Waals surface area contributed by atoms with Crippen molar-refractivity contribution in [1.82, 2.24) is 0 Å². The molecule has 1 unspecified atom stereocenters. The summed E-state index contributed by atoms with van der Waals surface area (Å²) < 4.78 is 11.7. The normalized spacial score (nSPS) is 18.0. The highest BCUT2D eigenvalue weighted by Gasteiger charge is 2.20. The molecule has 22 heavy (non-hydrogen) atoms. The van der Waals surface area contributed by atoms with Gasteiger partial charge in [0.2, 0.25) is 0 Å². The van der Waals surface area contributed by atoms with Gasteiger partial charge in [0.1, 0.15) is 5.69 Å². The fraction of sp³-hybridized carbons (Fsp3) is 0.462. The van der Waals surface area contributed by atoms with Gasteiger partial charge in [-0.15, -0.1) is 0 Å². The van der Waals surface area contributed by atoms with Gasteiger partial charge in [0, 0.05) is 16.2 Å². The Kier molecular flexibility index (Phi) is 5.91. The molecule has 2 N–H and O–H groups in total. The molecule has 0 spiro atoms. The molecule has 1 amide bonds. The van der Waals surface area contributed by atoms with Crippen molar-refractivity contribution >= 4 is 40.1 Å². The number of amides is 1. The van der Waals surface area contributed by atoms with Crippen molar-refractivity contribution in [2.24, 2.45) is 0 Å². The number of nitrogens with one attached hydrogen (secondary N) is 1. The number of carboxylic acid groups (broad SMARTS) is 1. The lowest BCUT2D eigenvalue weighted by Gasteiger charge is -2.23. The van der Waals surface area contributed by atoms with Gasteiger partial charge in [-0.1, -0.05) is 0 Å². The van der Waals surface area contributed by atoms with Crippen molar-refractivity contribution in [3.8, 4) is 0 Å². The van der Waals surface area contributed by atoms with Crippen molar-refractivity contribution in [2.45, 2.75) is 32.2 Å². The quantitative estimate of drug-likeness (QED) is 0.428. The van der Waals surface area contributed by atoms with Crippen LogP contribution in [0.4, 0.5) is 16.2 Å². The molecule has 0 bridgehead atoms. The SMILES string of the molecule is O=C(O)Nc1cc(COC2CCCCO2)c(I)cc1[N+](=O)[O-]. The summed E-state index contributed by atoms with van der Waals surface area (Å²) in [7, 11) is 0. The van der Waals surface area contributed by atoms with E-state index in [1.807, 2.05) is 27.9 Å².